The predicted molar refractivity (Wildman–Crippen MR) is 117 cm³/mol. The molecular formula is C21H27FN4O2S. The molecule has 8 heteroatoms. The van der Waals surface area contributed by atoms with Gasteiger partial charge in [-0.1, -0.05) is 6.08 Å². The number of hydrogen-bond donors (Lipinski definition) is 1. The van der Waals surface area contributed by atoms with Crippen LogP contribution in [0.15, 0.2) is 47.2 Å². The maximum absolute atomic E-state index is 14.2. The number of hydrogen-bond acceptors (Lipinski definition) is 7. The molecule has 1 aromatic carbocycles. The molecule has 0 aliphatic carbocycles. The molecule has 1 aliphatic heterocycles. The van der Waals surface area contributed by atoms with Crippen LogP contribution in [-0.4, -0.2) is 48.8 Å². The molecule has 0 radical (unpaired) electrons. The van der Waals surface area contributed by atoms with Crippen molar-refractivity contribution in [3.05, 3.63) is 47.9 Å². The fourth-order valence-electron chi connectivity index (χ4n) is 2.95. The first-order chi connectivity index (χ1) is 14.2. The van der Waals surface area contributed by atoms with Gasteiger partial charge in [0.05, 0.1) is 41.1 Å². The standard InChI is InChI=1S/C21H27FN4O2S/c1-3-9-26(10-12-28-21-6-4-5-11-27-21)24-8-7-16(2)25-18-14-19-20(13-17(18)22)29-15-23-19/h3,7-8,13-15,21,25H,1,4-6,9-12H2,2H3/b16-7+,24-8-. The van der Waals surface area contributed by atoms with Gasteiger partial charge in [0, 0.05) is 18.5 Å². The smallest absolute Gasteiger partial charge is 0.157 e. The Hall–Kier alpha value is -2.29. The maximum atomic E-state index is 14.2. The van der Waals surface area contributed by atoms with Crippen LogP contribution in [0.1, 0.15) is 26.2 Å². The van der Waals surface area contributed by atoms with Crippen LogP contribution in [0.25, 0.3) is 10.2 Å². The predicted octanol–water partition coefficient (Wildman–Crippen LogP) is 4.77. The summed E-state index contributed by atoms with van der Waals surface area (Å²) in [5.74, 6) is -0.304. The second-order valence-electron chi connectivity index (χ2n) is 6.76. The molecule has 6 nitrogen and oxygen atoms in total. The first-order valence-electron chi connectivity index (χ1n) is 9.75. The van der Waals surface area contributed by atoms with E-state index >= 15 is 0 Å². The highest BCUT2D eigenvalue weighted by Gasteiger charge is 2.14. The van der Waals surface area contributed by atoms with E-state index < -0.39 is 0 Å². The van der Waals surface area contributed by atoms with E-state index in [1.807, 2.05) is 11.9 Å². The molecule has 2 aromatic rings. The number of benzene rings is 1. The van der Waals surface area contributed by atoms with Crippen LogP contribution in [0.2, 0.25) is 0 Å². The molecule has 0 saturated carbocycles. The fraction of sp³-hybridized carbons (Fsp3) is 0.429. The van der Waals surface area contributed by atoms with Gasteiger partial charge in [0.25, 0.3) is 0 Å². The number of aromatic nitrogens is 1. The lowest BCUT2D eigenvalue weighted by atomic mass is 10.2. The second kappa shape index (κ2) is 11.0. The van der Waals surface area contributed by atoms with Crippen molar-refractivity contribution in [3.8, 4) is 0 Å². The maximum Gasteiger partial charge on any atom is 0.157 e. The first-order valence-corrected chi connectivity index (χ1v) is 10.6. The summed E-state index contributed by atoms with van der Waals surface area (Å²) in [6, 6.07) is 3.21. The summed E-state index contributed by atoms with van der Waals surface area (Å²) in [6.45, 7) is 8.19. The summed E-state index contributed by atoms with van der Waals surface area (Å²) < 4.78 is 26.4. The van der Waals surface area contributed by atoms with Crippen molar-refractivity contribution in [2.24, 2.45) is 5.10 Å². The highest BCUT2D eigenvalue weighted by atomic mass is 32.1. The number of ether oxygens (including phenoxy) is 2. The molecule has 1 fully saturated rings. The summed E-state index contributed by atoms with van der Waals surface area (Å²) in [7, 11) is 0. The largest absolute Gasteiger partial charge is 0.357 e. The molecule has 0 bridgehead atoms. The monoisotopic (exact) mass is 418 g/mol. The van der Waals surface area contributed by atoms with Crippen LogP contribution in [0.3, 0.4) is 0 Å². The van der Waals surface area contributed by atoms with E-state index in [1.165, 1.54) is 17.4 Å². The van der Waals surface area contributed by atoms with Gasteiger partial charge < -0.3 is 14.8 Å². The van der Waals surface area contributed by atoms with Gasteiger partial charge >= 0.3 is 0 Å². The number of allylic oxidation sites excluding steroid dienone is 2. The number of nitrogens with zero attached hydrogens (tertiary/aromatic N) is 3. The zero-order valence-electron chi connectivity index (χ0n) is 16.6. The molecule has 1 atom stereocenters. The molecule has 0 spiro atoms. The van der Waals surface area contributed by atoms with E-state index in [4.69, 9.17) is 9.47 Å². The van der Waals surface area contributed by atoms with Crippen LogP contribution in [0.5, 0.6) is 0 Å². The minimum absolute atomic E-state index is 0.102. The number of halogens is 1. The first kappa shape index (κ1) is 21.4. The average Bonchev–Trinajstić information content (AvgIpc) is 3.16. The van der Waals surface area contributed by atoms with Gasteiger partial charge in [0.1, 0.15) is 5.82 Å². The third kappa shape index (κ3) is 6.62. The van der Waals surface area contributed by atoms with Crippen LogP contribution in [-0.2, 0) is 9.47 Å². The highest BCUT2D eigenvalue weighted by Crippen LogP contribution is 2.25. The van der Waals surface area contributed by atoms with Crippen molar-refractivity contribution in [1.82, 2.24) is 9.99 Å². The molecule has 1 saturated heterocycles. The van der Waals surface area contributed by atoms with Gasteiger partial charge in [-0.3, -0.25) is 5.01 Å². The fourth-order valence-corrected chi connectivity index (χ4v) is 3.63. The van der Waals surface area contributed by atoms with Crippen molar-refractivity contribution in [2.75, 3.05) is 31.6 Å². The topological polar surface area (TPSA) is 59.0 Å². The molecule has 1 unspecified atom stereocenters. The Balaban J connectivity index is 1.51. The molecular weight excluding hydrogens is 391 g/mol. The minimum atomic E-state index is -0.304. The van der Waals surface area contributed by atoms with Crippen molar-refractivity contribution in [3.63, 3.8) is 0 Å². The van der Waals surface area contributed by atoms with Gasteiger partial charge in [-0.25, -0.2) is 9.37 Å². The van der Waals surface area contributed by atoms with Crippen LogP contribution in [0, 0.1) is 5.82 Å². The number of thiazole rings is 1. The normalized spacial score (nSPS) is 17.7. The lowest BCUT2D eigenvalue weighted by Gasteiger charge is -2.24. The van der Waals surface area contributed by atoms with E-state index in [1.54, 1.807) is 29.9 Å². The zero-order chi connectivity index (χ0) is 20.5. The molecule has 1 N–H and O–H groups in total. The second-order valence-corrected chi connectivity index (χ2v) is 7.65. The zero-order valence-corrected chi connectivity index (χ0v) is 17.5. The van der Waals surface area contributed by atoms with Crippen molar-refractivity contribution < 1.29 is 13.9 Å². The van der Waals surface area contributed by atoms with Crippen LogP contribution < -0.4 is 5.32 Å². The Morgan fingerprint density at radius 3 is 3.21 bits per heavy atom. The van der Waals surface area contributed by atoms with E-state index in [-0.39, 0.29) is 12.1 Å². The van der Waals surface area contributed by atoms with Crippen molar-refractivity contribution >= 4 is 33.5 Å². The number of rotatable bonds is 10. The number of hydrazone groups is 1. The quantitative estimate of drug-likeness (QED) is 0.342. The third-order valence-electron chi connectivity index (χ3n) is 4.44. The van der Waals surface area contributed by atoms with Gasteiger partial charge in [-0.2, -0.15) is 5.10 Å². The van der Waals surface area contributed by atoms with E-state index in [0.717, 1.165) is 41.8 Å². The Bertz CT molecular complexity index is 861. The number of nitrogens with one attached hydrogen (secondary N) is 1. The van der Waals surface area contributed by atoms with Gasteiger partial charge in [0.2, 0.25) is 0 Å². The molecule has 1 aliphatic rings. The minimum Gasteiger partial charge on any atom is -0.357 e. The Morgan fingerprint density at radius 2 is 2.41 bits per heavy atom. The Morgan fingerprint density at radius 1 is 1.52 bits per heavy atom. The van der Waals surface area contributed by atoms with Gasteiger partial charge in [-0.05, 0) is 44.4 Å². The summed E-state index contributed by atoms with van der Waals surface area (Å²) in [5.41, 5.74) is 3.66. The third-order valence-corrected chi connectivity index (χ3v) is 5.23. The summed E-state index contributed by atoms with van der Waals surface area (Å²) in [4.78, 5) is 4.23. The van der Waals surface area contributed by atoms with Gasteiger partial charge in [0.15, 0.2) is 6.29 Å². The molecule has 0 amide bonds. The summed E-state index contributed by atoms with van der Waals surface area (Å²) in [6.07, 6.45) is 8.37. The molecule has 156 valence electrons. The average molecular weight is 419 g/mol. The molecule has 29 heavy (non-hydrogen) atoms. The summed E-state index contributed by atoms with van der Waals surface area (Å²) in [5, 5.41) is 9.36. The lowest BCUT2D eigenvalue weighted by molar-refractivity contribution is -0.164. The summed E-state index contributed by atoms with van der Waals surface area (Å²) >= 11 is 1.42. The molecule has 2 heterocycles. The van der Waals surface area contributed by atoms with E-state index in [2.05, 4.69) is 22.0 Å². The Kier molecular flexibility index (Phi) is 8.15. The van der Waals surface area contributed by atoms with Gasteiger partial charge in [-0.15, -0.1) is 17.9 Å². The lowest BCUT2D eigenvalue weighted by Crippen LogP contribution is -2.28. The molecule has 1 aromatic heterocycles. The van der Waals surface area contributed by atoms with Crippen LogP contribution >= 0.6 is 11.3 Å². The van der Waals surface area contributed by atoms with Crippen molar-refractivity contribution in [2.45, 2.75) is 32.5 Å². The highest BCUT2D eigenvalue weighted by molar-refractivity contribution is 7.16. The number of anilines is 1. The van der Waals surface area contributed by atoms with E-state index in [9.17, 15) is 4.39 Å². The Labute approximate surface area is 174 Å². The van der Waals surface area contributed by atoms with Crippen molar-refractivity contribution in [1.29, 1.82) is 0 Å². The SMILES string of the molecule is C=CCN(CCOC1CCCCO1)/N=C\C=C(/C)Nc1cc2ncsc2cc1F. The van der Waals surface area contributed by atoms with Crippen LogP contribution in [0.4, 0.5) is 10.1 Å². The van der Waals surface area contributed by atoms with E-state index in [0.29, 0.717) is 25.4 Å². The molecule has 3 rings (SSSR count). The number of fused-ring (bicyclic) bond motifs is 1.